The minimum absolute atomic E-state index is 0.221. The lowest BCUT2D eigenvalue weighted by atomic mass is 10.3. The van der Waals surface area contributed by atoms with Crippen LogP contribution in [-0.4, -0.2) is 21.5 Å². The molecule has 0 aromatic carbocycles. The fourth-order valence-corrected chi connectivity index (χ4v) is 1.57. The second kappa shape index (κ2) is 6.31. The summed E-state index contributed by atoms with van der Waals surface area (Å²) in [6, 6.07) is 7.67. The van der Waals surface area contributed by atoms with Gasteiger partial charge in [-0.25, -0.2) is 9.97 Å². The van der Waals surface area contributed by atoms with Gasteiger partial charge in [-0.3, -0.25) is 4.98 Å². The van der Waals surface area contributed by atoms with E-state index in [1.54, 1.807) is 18.5 Å². The first-order chi connectivity index (χ1) is 9.28. The fourth-order valence-electron chi connectivity index (χ4n) is 1.57. The first-order valence-corrected chi connectivity index (χ1v) is 5.87. The Labute approximate surface area is 111 Å². The van der Waals surface area contributed by atoms with E-state index in [9.17, 15) is 0 Å². The van der Waals surface area contributed by atoms with Crippen LogP contribution in [0.1, 0.15) is 11.4 Å². The molecule has 19 heavy (non-hydrogen) atoms. The predicted octanol–water partition coefficient (Wildman–Crippen LogP) is 1.73. The van der Waals surface area contributed by atoms with E-state index in [1.807, 2.05) is 25.1 Å². The van der Waals surface area contributed by atoms with Crippen LogP contribution in [0.4, 0.5) is 11.6 Å². The van der Waals surface area contributed by atoms with Crippen molar-refractivity contribution in [3.8, 4) is 6.07 Å². The molecule has 96 valence electrons. The molecule has 2 aromatic heterocycles. The van der Waals surface area contributed by atoms with E-state index in [0.29, 0.717) is 18.2 Å². The SMILES string of the molecule is Cc1nc(NCC#N)cc(NCc2cccnc2)n1. The van der Waals surface area contributed by atoms with Gasteiger partial charge in [0.2, 0.25) is 0 Å². The first kappa shape index (κ1) is 12.8. The Hall–Kier alpha value is -2.68. The third-order valence-electron chi connectivity index (χ3n) is 2.38. The first-order valence-electron chi connectivity index (χ1n) is 5.87. The molecule has 2 aromatic rings. The van der Waals surface area contributed by atoms with Gasteiger partial charge in [-0.05, 0) is 18.6 Å². The molecule has 0 aliphatic rings. The lowest BCUT2D eigenvalue weighted by Crippen LogP contribution is -2.07. The zero-order chi connectivity index (χ0) is 13.5. The molecule has 0 fully saturated rings. The highest BCUT2D eigenvalue weighted by Crippen LogP contribution is 2.11. The van der Waals surface area contributed by atoms with Gasteiger partial charge >= 0.3 is 0 Å². The van der Waals surface area contributed by atoms with Crippen LogP contribution in [0.15, 0.2) is 30.6 Å². The molecule has 0 spiro atoms. The van der Waals surface area contributed by atoms with Crippen molar-refractivity contribution in [2.45, 2.75) is 13.5 Å². The van der Waals surface area contributed by atoms with Crippen molar-refractivity contribution in [1.82, 2.24) is 15.0 Å². The highest BCUT2D eigenvalue weighted by atomic mass is 15.1. The maximum atomic E-state index is 8.54. The van der Waals surface area contributed by atoms with Crippen molar-refractivity contribution in [3.63, 3.8) is 0 Å². The Morgan fingerprint density at radius 2 is 2.05 bits per heavy atom. The Balaban J connectivity index is 2.04. The molecular formula is C13H14N6. The molecule has 2 N–H and O–H groups in total. The maximum absolute atomic E-state index is 8.54. The summed E-state index contributed by atoms with van der Waals surface area (Å²) in [5, 5.41) is 14.7. The number of hydrogen-bond donors (Lipinski definition) is 2. The number of aromatic nitrogens is 3. The average Bonchev–Trinajstić information content (AvgIpc) is 2.43. The molecule has 0 radical (unpaired) electrons. The molecule has 0 atom stereocenters. The van der Waals surface area contributed by atoms with Crippen LogP contribution in [0.2, 0.25) is 0 Å². The van der Waals surface area contributed by atoms with E-state index in [4.69, 9.17) is 5.26 Å². The van der Waals surface area contributed by atoms with Crippen molar-refractivity contribution in [2.24, 2.45) is 0 Å². The molecule has 0 saturated heterocycles. The summed E-state index contributed by atoms with van der Waals surface area (Å²) in [6.07, 6.45) is 3.54. The minimum atomic E-state index is 0.221. The quantitative estimate of drug-likeness (QED) is 0.790. The van der Waals surface area contributed by atoms with Gasteiger partial charge in [0.15, 0.2) is 0 Å². The average molecular weight is 254 g/mol. The van der Waals surface area contributed by atoms with Crippen LogP contribution in [0.3, 0.4) is 0 Å². The summed E-state index contributed by atoms with van der Waals surface area (Å²) >= 11 is 0. The van der Waals surface area contributed by atoms with Gasteiger partial charge in [-0.2, -0.15) is 5.26 Å². The maximum Gasteiger partial charge on any atom is 0.132 e. The van der Waals surface area contributed by atoms with Gasteiger partial charge in [0.25, 0.3) is 0 Å². The van der Waals surface area contributed by atoms with E-state index in [1.165, 1.54) is 0 Å². The second-order valence-corrected chi connectivity index (χ2v) is 3.91. The monoisotopic (exact) mass is 254 g/mol. The topological polar surface area (TPSA) is 86.5 Å². The van der Waals surface area contributed by atoms with Gasteiger partial charge in [0.05, 0.1) is 6.07 Å². The molecule has 0 aliphatic heterocycles. The third kappa shape index (κ3) is 3.92. The van der Waals surface area contributed by atoms with E-state index in [-0.39, 0.29) is 6.54 Å². The van der Waals surface area contributed by atoms with E-state index < -0.39 is 0 Å². The van der Waals surface area contributed by atoms with Crippen LogP contribution in [0, 0.1) is 18.3 Å². The molecular weight excluding hydrogens is 240 g/mol. The molecule has 6 nitrogen and oxygen atoms in total. The van der Waals surface area contributed by atoms with Crippen molar-refractivity contribution in [1.29, 1.82) is 5.26 Å². The van der Waals surface area contributed by atoms with E-state index in [0.717, 1.165) is 11.4 Å². The number of pyridine rings is 1. The summed E-state index contributed by atoms with van der Waals surface area (Å²) in [7, 11) is 0. The molecule has 0 saturated carbocycles. The van der Waals surface area contributed by atoms with Crippen molar-refractivity contribution < 1.29 is 0 Å². The van der Waals surface area contributed by atoms with Gasteiger partial charge in [-0.1, -0.05) is 6.07 Å². The predicted molar refractivity (Wildman–Crippen MR) is 72.4 cm³/mol. The summed E-state index contributed by atoms with van der Waals surface area (Å²) in [5.41, 5.74) is 1.07. The Kier molecular flexibility index (Phi) is 4.24. The van der Waals surface area contributed by atoms with Crippen molar-refractivity contribution in [2.75, 3.05) is 17.2 Å². The molecule has 2 rings (SSSR count). The summed E-state index contributed by atoms with van der Waals surface area (Å²) in [5.74, 6) is 2.01. The normalized spacial score (nSPS) is 9.68. The molecule has 0 aliphatic carbocycles. The lowest BCUT2D eigenvalue weighted by Gasteiger charge is -2.08. The van der Waals surface area contributed by atoms with Gasteiger partial charge in [0.1, 0.15) is 24.0 Å². The summed E-state index contributed by atoms with van der Waals surface area (Å²) in [4.78, 5) is 12.5. The largest absolute Gasteiger partial charge is 0.366 e. The molecule has 0 bridgehead atoms. The number of nitrogens with one attached hydrogen (secondary N) is 2. The number of aryl methyl sites for hydroxylation is 1. The zero-order valence-corrected chi connectivity index (χ0v) is 10.6. The Bertz CT molecular complexity index is 575. The highest BCUT2D eigenvalue weighted by Gasteiger charge is 2.01. The molecule has 0 amide bonds. The zero-order valence-electron chi connectivity index (χ0n) is 10.6. The summed E-state index contributed by atoms with van der Waals surface area (Å²) in [6.45, 7) is 2.67. The Morgan fingerprint density at radius 3 is 2.74 bits per heavy atom. The molecule has 0 unspecified atom stereocenters. The molecule has 6 heteroatoms. The number of hydrogen-bond acceptors (Lipinski definition) is 6. The van der Waals surface area contributed by atoms with Crippen LogP contribution >= 0.6 is 0 Å². The van der Waals surface area contributed by atoms with E-state index in [2.05, 4.69) is 25.6 Å². The van der Waals surface area contributed by atoms with Crippen LogP contribution < -0.4 is 10.6 Å². The number of nitriles is 1. The lowest BCUT2D eigenvalue weighted by molar-refractivity contribution is 1.01. The molecule has 2 heterocycles. The standard InChI is InChI=1S/C13H14N6/c1-10-18-12(16-6-4-14)7-13(19-10)17-9-11-3-2-5-15-8-11/h2-3,5,7-8H,6,9H2,1H3,(H2,16,17,18,19). The number of rotatable bonds is 5. The summed E-state index contributed by atoms with van der Waals surface area (Å²) < 4.78 is 0. The second-order valence-electron chi connectivity index (χ2n) is 3.91. The van der Waals surface area contributed by atoms with Crippen molar-refractivity contribution >= 4 is 11.6 Å². The van der Waals surface area contributed by atoms with Gasteiger partial charge < -0.3 is 10.6 Å². The van der Waals surface area contributed by atoms with Crippen molar-refractivity contribution in [3.05, 3.63) is 42.0 Å². The van der Waals surface area contributed by atoms with Crippen LogP contribution in [-0.2, 0) is 6.54 Å². The fraction of sp³-hybridized carbons (Fsp3) is 0.231. The van der Waals surface area contributed by atoms with Crippen LogP contribution in [0.5, 0.6) is 0 Å². The van der Waals surface area contributed by atoms with Gasteiger partial charge in [-0.15, -0.1) is 0 Å². The number of nitrogens with zero attached hydrogens (tertiary/aromatic N) is 4. The highest BCUT2D eigenvalue weighted by molar-refractivity contribution is 5.48. The third-order valence-corrected chi connectivity index (χ3v) is 2.38. The van der Waals surface area contributed by atoms with E-state index >= 15 is 0 Å². The minimum Gasteiger partial charge on any atom is -0.366 e. The Morgan fingerprint density at radius 1 is 1.26 bits per heavy atom. The van der Waals surface area contributed by atoms with Gasteiger partial charge in [0, 0.05) is 25.0 Å². The van der Waals surface area contributed by atoms with Crippen LogP contribution in [0.25, 0.3) is 0 Å². The number of anilines is 2. The smallest absolute Gasteiger partial charge is 0.132 e.